The van der Waals surface area contributed by atoms with E-state index < -0.39 is 18.8 Å². The normalized spacial score (nSPS) is 14.2. The molecule has 16 heavy (non-hydrogen) atoms. The molecule has 0 aliphatic heterocycles. The average molecular weight is 242 g/mol. The van der Waals surface area contributed by atoms with Crippen molar-refractivity contribution in [3.05, 3.63) is 29.8 Å². The third-order valence-electron chi connectivity index (χ3n) is 2.07. The fraction of sp³-hybridized carbons (Fsp3) is 0.300. The van der Waals surface area contributed by atoms with Gasteiger partial charge >= 0.3 is 0 Å². The monoisotopic (exact) mass is 242 g/mol. The molecular weight excluding hydrogens is 228 g/mol. The summed E-state index contributed by atoms with van der Waals surface area (Å²) in [6.07, 6.45) is -2.29. The summed E-state index contributed by atoms with van der Waals surface area (Å²) in [7, 11) is 0. The molecule has 0 radical (unpaired) electrons. The average Bonchev–Trinajstić information content (AvgIpc) is 2.27. The van der Waals surface area contributed by atoms with Crippen LogP contribution < -0.4 is 11.1 Å². The van der Waals surface area contributed by atoms with Crippen LogP contribution in [0, 0.1) is 0 Å². The number of nitrogens with two attached hydrogens (primary N) is 1. The van der Waals surface area contributed by atoms with Crippen LogP contribution in [0.2, 0.25) is 0 Å². The number of rotatable bonds is 4. The molecule has 0 heterocycles. The highest BCUT2D eigenvalue weighted by Crippen LogP contribution is 2.19. The SMILES string of the molecule is NC(=S)Nc1ccc(C(O)C(O)CO)cc1. The summed E-state index contributed by atoms with van der Waals surface area (Å²) in [6.45, 7) is -0.492. The molecule has 6 N–H and O–H groups in total. The second-order valence-corrected chi connectivity index (χ2v) is 3.75. The van der Waals surface area contributed by atoms with Crippen LogP contribution >= 0.6 is 12.2 Å². The number of anilines is 1. The standard InChI is InChI=1S/C10H14N2O3S/c11-10(16)12-7-3-1-6(2-4-7)9(15)8(14)5-13/h1-4,8-9,13-15H,5H2,(H3,11,12,16). The van der Waals surface area contributed by atoms with Crippen LogP contribution in [0.5, 0.6) is 0 Å². The van der Waals surface area contributed by atoms with E-state index in [4.69, 9.17) is 10.8 Å². The lowest BCUT2D eigenvalue weighted by Gasteiger charge is -2.16. The van der Waals surface area contributed by atoms with Crippen LogP contribution in [0.3, 0.4) is 0 Å². The molecule has 0 saturated heterocycles. The van der Waals surface area contributed by atoms with Crippen LogP contribution in [0.15, 0.2) is 24.3 Å². The Bertz CT molecular complexity index is 356. The van der Waals surface area contributed by atoms with Gasteiger partial charge in [-0.1, -0.05) is 12.1 Å². The Kier molecular flexibility index (Phi) is 4.63. The molecule has 1 aromatic carbocycles. The second-order valence-electron chi connectivity index (χ2n) is 3.31. The zero-order valence-electron chi connectivity index (χ0n) is 8.50. The third kappa shape index (κ3) is 3.42. The first kappa shape index (κ1) is 12.9. The van der Waals surface area contributed by atoms with Gasteiger partial charge in [-0.05, 0) is 29.9 Å². The van der Waals surface area contributed by atoms with Gasteiger partial charge in [0.1, 0.15) is 12.2 Å². The van der Waals surface area contributed by atoms with Crippen molar-refractivity contribution in [1.82, 2.24) is 0 Å². The summed E-state index contributed by atoms with van der Waals surface area (Å²) in [5, 5.41) is 30.4. The summed E-state index contributed by atoms with van der Waals surface area (Å²) < 4.78 is 0. The zero-order valence-corrected chi connectivity index (χ0v) is 9.31. The molecule has 2 unspecified atom stereocenters. The summed E-state index contributed by atoms with van der Waals surface area (Å²) >= 11 is 4.67. The molecule has 1 aromatic rings. The van der Waals surface area contributed by atoms with Gasteiger partial charge in [-0.2, -0.15) is 0 Å². The van der Waals surface area contributed by atoms with Crippen molar-refractivity contribution in [3.63, 3.8) is 0 Å². The number of benzene rings is 1. The van der Waals surface area contributed by atoms with Gasteiger partial charge < -0.3 is 26.4 Å². The highest BCUT2D eigenvalue weighted by Gasteiger charge is 2.16. The Balaban J connectivity index is 2.74. The lowest BCUT2D eigenvalue weighted by Crippen LogP contribution is -2.22. The molecule has 5 nitrogen and oxygen atoms in total. The molecule has 0 bridgehead atoms. The molecule has 0 aliphatic carbocycles. The predicted molar refractivity (Wildman–Crippen MR) is 64.9 cm³/mol. The Hall–Kier alpha value is -1.21. The minimum Gasteiger partial charge on any atom is -0.394 e. The van der Waals surface area contributed by atoms with Crippen molar-refractivity contribution in [2.75, 3.05) is 11.9 Å². The Morgan fingerprint density at radius 2 is 1.88 bits per heavy atom. The van der Waals surface area contributed by atoms with E-state index in [1.165, 1.54) is 0 Å². The highest BCUT2D eigenvalue weighted by atomic mass is 32.1. The molecule has 0 aromatic heterocycles. The van der Waals surface area contributed by atoms with Crippen molar-refractivity contribution < 1.29 is 15.3 Å². The van der Waals surface area contributed by atoms with Crippen molar-refractivity contribution in [1.29, 1.82) is 0 Å². The first-order valence-corrected chi connectivity index (χ1v) is 5.09. The van der Waals surface area contributed by atoms with E-state index >= 15 is 0 Å². The molecule has 1 rings (SSSR count). The van der Waals surface area contributed by atoms with Crippen LogP contribution in [-0.2, 0) is 0 Å². The quantitative estimate of drug-likeness (QED) is 0.466. The molecule has 0 spiro atoms. The molecule has 0 fully saturated rings. The van der Waals surface area contributed by atoms with Gasteiger partial charge in [-0.15, -0.1) is 0 Å². The van der Waals surface area contributed by atoms with Crippen LogP contribution in [0.4, 0.5) is 5.69 Å². The molecule has 0 amide bonds. The number of thiocarbonyl (C=S) groups is 1. The van der Waals surface area contributed by atoms with Crippen LogP contribution in [0.25, 0.3) is 0 Å². The summed E-state index contributed by atoms with van der Waals surface area (Å²) in [5.41, 5.74) is 6.50. The van der Waals surface area contributed by atoms with Gasteiger partial charge in [-0.25, -0.2) is 0 Å². The van der Waals surface area contributed by atoms with Crippen LogP contribution in [0.1, 0.15) is 11.7 Å². The molecular formula is C10H14N2O3S. The smallest absolute Gasteiger partial charge is 0.168 e. The maximum Gasteiger partial charge on any atom is 0.168 e. The second kappa shape index (κ2) is 5.76. The molecule has 2 atom stereocenters. The fourth-order valence-corrected chi connectivity index (χ4v) is 1.35. The van der Waals surface area contributed by atoms with Gasteiger partial charge in [0.15, 0.2) is 5.11 Å². The van der Waals surface area contributed by atoms with Gasteiger partial charge in [0.25, 0.3) is 0 Å². The Morgan fingerprint density at radius 3 is 2.31 bits per heavy atom. The van der Waals surface area contributed by atoms with Gasteiger partial charge in [0.05, 0.1) is 6.61 Å². The van der Waals surface area contributed by atoms with E-state index in [0.29, 0.717) is 11.3 Å². The van der Waals surface area contributed by atoms with Crippen LogP contribution in [-0.4, -0.2) is 33.1 Å². The molecule has 6 heteroatoms. The third-order valence-corrected chi connectivity index (χ3v) is 2.17. The number of aliphatic hydroxyl groups is 3. The molecule has 0 saturated carbocycles. The largest absolute Gasteiger partial charge is 0.394 e. The van der Waals surface area contributed by atoms with Crippen molar-refractivity contribution in [2.45, 2.75) is 12.2 Å². The Labute approximate surface area is 98.5 Å². The predicted octanol–water partition coefficient (Wildman–Crippen LogP) is -0.271. The number of aliphatic hydroxyl groups excluding tert-OH is 3. The lowest BCUT2D eigenvalue weighted by atomic mass is 10.0. The van der Waals surface area contributed by atoms with E-state index in [9.17, 15) is 10.2 Å². The summed E-state index contributed by atoms with van der Waals surface area (Å²) in [5.74, 6) is 0. The van der Waals surface area contributed by atoms with Gasteiger partial charge in [0.2, 0.25) is 0 Å². The van der Waals surface area contributed by atoms with E-state index in [-0.39, 0.29) is 5.11 Å². The van der Waals surface area contributed by atoms with Crippen molar-refractivity contribution in [3.8, 4) is 0 Å². The first-order valence-electron chi connectivity index (χ1n) is 4.68. The summed E-state index contributed by atoms with van der Waals surface area (Å²) in [4.78, 5) is 0. The number of hydrogen-bond acceptors (Lipinski definition) is 4. The van der Waals surface area contributed by atoms with E-state index in [1.807, 2.05) is 0 Å². The maximum absolute atomic E-state index is 9.58. The van der Waals surface area contributed by atoms with E-state index in [2.05, 4.69) is 17.5 Å². The highest BCUT2D eigenvalue weighted by molar-refractivity contribution is 7.80. The first-order chi connectivity index (χ1) is 7.54. The van der Waals surface area contributed by atoms with Crippen molar-refractivity contribution >= 4 is 23.0 Å². The minimum atomic E-state index is -1.19. The van der Waals surface area contributed by atoms with E-state index in [0.717, 1.165) is 0 Å². The topological polar surface area (TPSA) is 98.7 Å². The molecule has 0 aliphatic rings. The maximum atomic E-state index is 9.58. The number of hydrogen-bond donors (Lipinski definition) is 5. The summed E-state index contributed by atoms with van der Waals surface area (Å²) in [6, 6.07) is 6.57. The van der Waals surface area contributed by atoms with Gasteiger partial charge in [-0.3, -0.25) is 0 Å². The zero-order chi connectivity index (χ0) is 12.1. The van der Waals surface area contributed by atoms with E-state index in [1.54, 1.807) is 24.3 Å². The van der Waals surface area contributed by atoms with Gasteiger partial charge in [0, 0.05) is 5.69 Å². The fourth-order valence-electron chi connectivity index (χ4n) is 1.23. The van der Waals surface area contributed by atoms with Crippen molar-refractivity contribution in [2.24, 2.45) is 5.73 Å². The lowest BCUT2D eigenvalue weighted by molar-refractivity contribution is -0.0152. The minimum absolute atomic E-state index is 0.156. The number of nitrogens with one attached hydrogen (secondary N) is 1. The molecule has 88 valence electrons. The Morgan fingerprint density at radius 1 is 1.31 bits per heavy atom.